The molecule has 1 N–H and O–H groups in total. The molecule has 7 nitrogen and oxygen atoms in total. The van der Waals surface area contributed by atoms with Crippen LogP contribution in [0.5, 0.6) is 23.0 Å². The molecule has 4 aliphatic rings. The summed E-state index contributed by atoms with van der Waals surface area (Å²) < 4.78 is 22.7. The third kappa shape index (κ3) is 2.44. The Bertz CT molecular complexity index is 1110. The Hall–Kier alpha value is -2.77. The van der Waals surface area contributed by atoms with Crippen molar-refractivity contribution < 1.29 is 28.8 Å². The molecule has 0 saturated carbocycles. The first-order chi connectivity index (χ1) is 14.9. The lowest BCUT2D eigenvalue weighted by Gasteiger charge is -2.56. The average molecular weight is 423 g/mol. The minimum Gasteiger partial charge on any atom is -0.454 e. The van der Waals surface area contributed by atoms with Gasteiger partial charge in [0, 0.05) is 29.5 Å². The second kappa shape index (κ2) is 6.37. The largest absolute Gasteiger partial charge is 0.454 e. The lowest BCUT2D eigenvalue weighted by Crippen LogP contribution is -2.56. The van der Waals surface area contributed by atoms with E-state index in [0.717, 1.165) is 33.8 Å². The molecule has 31 heavy (non-hydrogen) atoms. The zero-order valence-electron chi connectivity index (χ0n) is 17.8. The van der Waals surface area contributed by atoms with E-state index in [-0.39, 0.29) is 31.5 Å². The van der Waals surface area contributed by atoms with Crippen molar-refractivity contribution in [2.75, 3.05) is 20.6 Å². The summed E-state index contributed by atoms with van der Waals surface area (Å²) >= 11 is 0. The average Bonchev–Trinajstić information content (AvgIpc) is 3.38. The molecular formula is C24H25NO6. The predicted octanol–water partition coefficient (Wildman–Crippen LogP) is 3.03. The number of aliphatic hydroxyl groups is 1. The summed E-state index contributed by atoms with van der Waals surface area (Å²) in [6.45, 7) is 4.09. The van der Waals surface area contributed by atoms with Crippen molar-refractivity contribution in [3.05, 3.63) is 46.5 Å². The van der Waals surface area contributed by atoms with Gasteiger partial charge in [0.1, 0.15) is 5.78 Å². The minimum absolute atomic E-state index is 0.102. The second-order valence-corrected chi connectivity index (χ2v) is 9.16. The van der Waals surface area contributed by atoms with Crippen LogP contribution in [0.2, 0.25) is 0 Å². The van der Waals surface area contributed by atoms with Crippen LogP contribution in [0.3, 0.4) is 0 Å². The van der Waals surface area contributed by atoms with E-state index in [2.05, 4.69) is 11.8 Å². The molecule has 3 aliphatic heterocycles. The summed E-state index contributed by atoms with van der Waals surface area (Å²) in [5, 5.41) is 11.5. The Balaban J connectivity index is 1.61. The van der Waals surface area contributed by atoms with Crippen molar-refractivity contribution in [1.29, 1.82) is 0 Å². The SMILES string of the molecule is CC(=O)CC1c2c(ccc3c2OCO3)C2(C)C(O)Cc3cc4c(cc3C2N1C)OCO4. The van der Waals surface area contributed by atoms with Gasteiger partial charge in [-0.2, -0.15) is 0 Å². The molecule has 1 aliphatic carbocycles. The number of benzene rings is 2. The van der Waals surface area contributed by atoms with E-state index in [1.165, 1.54) is 0 Å². The molecular weight excluding hydrogens is 398 g/mol. The molecule has 0 radical (unpaired) electrons. The first-order valence-corrected chi connectivity index (χ1v) is 10.6. The molecule has 162 valence electrons. The summed E-state index contributed by atoms with van der Waals surface area (Å²) in [6.07, 6.45) is 0.245. The number of Topliss-reactive ketones (excluding diaryl/α,β-unsaturated/α-hetero) is 1. The van der Waals surface area contributed by atoms with Gasteiger partial charge in [0.2, 0.25) is 13.6 Å². The van der Waals surface area contributed by atoms with Gasteiger partial charge in [0.25, 0.3) is 0 Å². The van der Waals surface area contributed by atoms with Crippen molar-refractivity contribution in [3.63, 3.8) is 0 Å². The number of ketones is 1. The molecule has 2 aromatic carbocycles. The van der Waals surface area contributed by atoms with Crippen LogP contribution < -0.4 is 18.9 Å². The number of ether oxygens (including phenoxy) is 4. The Labute approximate surface area is 180 Å². The number of fused-ring (bicyclic) bond motifs is 8. The molecule has 2 aromatic rings. The molecule has 0 fully saturated rings. The fraction of sp³-hybridized carbons (Fsp3) is 0.458. The molecule has 7 heteroatoms. The lowest BCUT2D eigenvalue weighted by atomic mass is 9.59. The highest BCUT2D eigenvalue weighted by Crippen LogP contribution is 2.60. The quantitative estimate of drug-likeness (QED) is 0.796. The highest BCUT2D eigenvalue weighted by molar-refractivity contribution is 5.77. The van der Waals surface area contributed by atoms with Crippen LogP contribution in [0.4, 0.5) is 0 Å². The standard InChI is InChI=1S/C24H25NO6/c1-12(26)6-16-21-15(4-5-17-22(21)31-11-28-17)24(2)20(27)8-13-7-18-19(30-10-29-18)9-14(13)23(24)25(16)3/h4-5,7,9,16,20,23,27H,6,8,10-11H2,1-3H3. The Kier molecular flexibility index (Phi) is 3.90. The van der Waals surface area contributed by atoms with Crippen molar-refractivity contribution >= 4 is 5.78 Å². The van der Waals surface area contributed by atoms with E-state index < -0.39 is 11.5 Å². The fourth-order valence-corrected chi connectivity index (χ4v) is 6.02. The van der Waals surface area contributed by atoms with Crippen LogP contribution in [-0.4, -0.2) is 42.5 Å². The number of likely N-dealkylation sites (N-methyl/N-ethyl adjacent to an activating group) is 1. The lowest BCUT2D eigenvalue weighted by molar-refractivity contribution is -0.119. The van der Waals surface area contributed by atoms with Gasteiger partial charge >= 0.3 is 0 Å². The van der Waals surface area contributed by atoms with E-state index in [9.17, 15) is 9.90 Å². The van der Waals surface area contributed by atoms with Gasteiger partial charge < -0.3 is 24.1 Å². The number of hydrogen-bond donors (Lipinski definition) is 1. The third-order valence-electron chi connectivity index (χ3n) is 7.47. The number of carbonyl (C=O) groups is 1. The van der Waals surface area contributed by atoms with Gasteiger partial charge in [-0.15, -0.1) is 0 Å². The summed E-state index contributed by atoms with van der Waals surface area (Å²) in [6, 6.07) is 7.66. The van der Waals surface area contributed by atoms with Crippen LogP contribution in [0.15, 0.2) is 24.3 Å². The Morgan fingerprint density at radius 1 is 1.13 bits per heavy atom. The van der Waals surface area contributed by atoms with E-state index >= 15 is 0 Å². The molecule has 4 atom stereocenters. The summed E-state index contributed by atoms with van der Waals surface area (Å²) in [4.78, 5) is 14.5. The highest BCUT2D eigenvalue weighted by Gasteiger charge is 2.56. The summed E-state index contributed by atoms with van der Waals surface area (Å²) in [5.74, 6) is 2.93. The van der Waals surface area contributed by atoms with Crippen LogP contribution in [-0.2, 0) is 16.6 Å². The molecule has 4 unspecified atom stereocenters. The normalized spacial score (nSPS) is 29.9. The van der Waals surface area contributed by atoms with Crippen molar-refractivity contribution in [2.24, 2.45) is 0 Å². The van der Waals surface area contributed by atoms with Gasteiger partial charge in [0.05, 0.1) is 6.10 Å². The van der Waals surface area contributed by atoms with Gasteiger partial charge in [0.15, 0.2) is 23.0 Å². The second-order valence-electron chi connectivity index (χ2n) is 9.16. The topological polar surface area (TPSA) is 77.5 Å². The van der Waals surface area contributed by atoms with E-state index in [4.69, 9.17) is 18.9 Å². The van der Waals surface area contributed by atoms with Crippen molar-refractivity contribution in [1.82, 2.24) is 4.90 Å². The smallest absolute Gasteiger partial charge is 0.231 e. The van der Waals surface area contributed by atoms with Gasteiger partial charge in [-0.1, -0.05) is 13.0 Å². The molecule has 0 aromatic heterocycles. The number of aliphatic hydroxyl groups excluding tert-OH is 1. The zero-order chi connectivity index (χ0) is 21.5. The number of carbonyl (C=O) groups excluding carboxylic acids is 1. The Morgan fingerprint density at radius 2 is 1.84 bits per heavy atom. The summed E-state index contributed by atoms with van der Waals surface area (Å²) in [7, 11) is 2.03. The maximum Gasteiger partial charge on any atom is 0.231 e. The van der Waals surface area contributed by atoms with Crippen molar-refractivity contribution in [3.8, 4) is 23.0 Å². The number of hydrogen-bond acceptors (Lipinski definition) is 7. The summed E-state index contributed by atoms with van der Waals surface area (Å²) in [5.41, 5.74) is 3.53. The van der Waals surface area contributed by atoms with Crippen LogP contribution >= 0.6 is 0 Å². The van der Waals surface area contributed by atoms with E-state index in [1.807, 2.05) is 31.3 Å². The van der Waals surface area contributed by atoms with Crippen LogP contribution in [0, 0.1) is 0 Å². The highest BCUT2D eigenvalue weighted by atomic mass is 16.7. The van der Waals surface area contributed by atoms with Gasteiger partial charge in [-0.25, -0.2) is 0 Å². The van der Waals surface area contributed by atoms with E-state index in [0.29, 0.717) is 24.3 Å². The zero-order valence-corrected chi connectivity index (χ0v) is 17.8. The maximum atomic E-state index is 12.3. The van der Waals surface area contributed by atoms with Gasteiger partial charge in [-0.05, 0) is 55.3 Å². The third-order valence-corrected chi connectivity index (χ3v) is 7.47. The van der Waals surface area contributed by atoms with Gasteiger partial charge in [-0.3, -0.25) is 9.69 Å². The van der Waals surface area contributed by atoms with Crippen LogP contribution in [0.1, 0.15) is 54.6 Å². The Morgan fingerprint density at radius 3 is 2.61 bits per heavy atom. The monoisotopic (exact) mass is 423 g/mol. The first kappa shape index (κ1) is 19.0. The molecule has 6 rings (SSSR count). The molecule has 0 spiro atoms. The first-order valence-electron chi connectivity index (χ1n) is 10.6. The predicted molar refractivity (Wildman–Crippen MR) is 111 cm³/mol. The van der Waals surface area contributed by atoms with E-state index in [1.54, 1.807) is 6.92 Å². The van der Waals surface area contributed by atoms with Crippen molar-refractivity contribution in [2.45, 2.75) is 50.3 Å². The molecule has 3 heterocycles. The minimum atomic E-state index is -0.620. The number of nitrogens with zero attached hydrogens (tertiary/aromatic N) is 1. The molecule has 0 amide bonds. The molecule has 0 bridgehead atoms. The van der Waals surface area contributed by atoms with Crippen LogP contribution in [0.25, 0.3) is 0 Å². The molecule has 0 saturated heterocycles. The maximum absolute atomic E-state index is 12.3. The fourth-order valence-electron chi connectivity index (χ4n) is 6.02. The number of rotatable bonds is 2.